The molecule has 1 saturated carbocycles. The van der Waals surface area contributed by atoms with Gasteiger partial charge in [-0.1, -0.05) is 0 Å². The molecular weight excluding hydrogens is 245 g/mol. The zero-order valence-corrected chi connectivity index (χ0v) is 10.3. The van der Waals surface area contributed by atoms with Crippen molar-refractivity contribution >= 4 is 0 Å². The van der Waals surface area contributed by atoms with Crippen LogP contribution < -0.4 is 5.32 Å². The molecule has 3 nitrogen and oxygen atoms in total. The van der Waals surface area contributed by atoms with Crippen molar-refractivity contribution in [3.8, 4) is 0 Å². The van der Waals surface area contributed by atoms with Crippen LogP contribution in [-0.2, 0) is 13.1 Å². The maximum atomic E-state index is 12.5. The van der Waals surface area contributed by atoms with Crippen LogP contribution >= 0.6 is 0 Å². The summed E-state index contributed by atoms with van der Waals surface area (Å²) in [6, 6.07) is 1.85. The third kappa shape index (κ3) is 3.74. The van der Waals surface area contributed by atoms with Crippen LogP contribution in [0.2, 0.25) is 0 Å². The summed E-state index contributed by atoms with van der Waals surface area (Å²) in [5, 5.41) is 2.98. The minimum absolute atomic E-state index is 0.0548. The summed E-state index contributed by atoms with van der Waals surface area (Å²) in [5.74, 6) is 0.625. The second kappa shape index (κ2) is 5.32. The number of hydrogen-bond acceptors (Lipinski definition) is 3. The standard InChI is InChI=1S/C12H17F3N2O/c1-16-6-9-4-5-18-11(9)7-17(10-2-3-10)8-12(13,14)15/h4-5,10,16H,2-3,6-8H2,1H3. The minimum Gasteiger partial charge on any atom is -0.468 e. The number of nitrogens with one attached hydrogen (secondary N) is 1. The Labute approximate surface area is 104 Å². The lowest BCUT2D eigenvalue weighted by molar-refractivity contribution is -0.148. The fourth-order valence-corrected chi connectivity index (χ4v) is 2.02. The maximum Gasteiger partial charge on any atom is 0.401 e. The first-order chi connectivity index (χ1) is 8.49. The molecule has 0 atom stereocenters. The summed E-state index contributed by atoms with van der Waals surface area (Å²) in [5.41, 5.74) is 0.922. The number of furan rings is 1. The van der Waals surface area contributed by atoms with Gasteiger partial charge in [0.2, 0.25) is 0 Å². The van der Waals surface area contributed by atoms with Gasteiger partial charge in [0.25, 0.3) is 0 Å². The molecule has 0 amide bonds. The lowest BCUT2D eigenvalue weighted by atomic mass is 10.2. The van der Waals surface area contributed by atoms with Crippen LogP contribution in [0.4, 0.5) is 13.2 Å². The van der Waals surface area contributed by atoms with Crippen molar-refractivity contribution in [1.82, 2.24) is 10.2 Å². The fraction of sp³-hybridized carbons (Fsp3) is 0.667. The van der Waals surface area contributed by atoms with Gasteiger partial charge in [0.05, 0.1) is 19.4 Å². The van der Waals surface area contributed by atoms with Gasteiger partial charge in [-0.2, -0.15) is 13.2 Å². The molecule has 1 heterocycles. The number of hydrogen-bond donors (Lipinski definition) is 1. The smallest absolute Gasteiger partial charge is 0.401 e. The van der Waals surface area contributed by atoms with Gasteiger partial charge in [-0.3, -0.25) is 4.90 Å². The van der Waals surface area contributed by atoms with E-state index in [1.165, 1.54) is 11.2 Å². The first-order valence-corrected chi connectivity index (χ1v) is 6.00. The number of alkyl halides is 3. The topological polar surface area (TPSA) is 28.4 Å². The maximum absolute atomic E-state index is 12.5. The summed E-state index contributed by atoms with van der Waals surface area (Å²) in [7, 11) is 1.80. The molecule has 1 aromatic rings. The van der Waals surface area contributed by atoms with Crippen molar-refractivity contribution in [1.29, 1.82) is 0 Å². The molecule has 0 bridgehead atoms. The third-order valence-corrected chi connectivity index (χ3v) is 3.00. The molecular formula is C12H17F3N2O. The molecule has 0 unspecified atom stereocenters. The van der Waals surface area contributed by atoms with Gasteiger partial charge in [-0.15, -0.1) is 0 Å². The second-order valence-corrected chi connectivity index (χ2v) is 4.65. The summed E-state index contributed by atoms with van der Waals surface area (Å²) in [4.78, 5) is 1.46. The van der Waals surface area contributed by atoms with Gasteiger partial charge in [-0.05, 0) is 26.0 Å². The number of rotatable bonds is 6. The molecule has 102 valence electrons. The minimum atomic E-state index is -4.15. The molecule has 1 aromatic heterocycles. The monoisotopic (exact) mass is 262 g/mol. The second-order valence-electron chi connectivity index (χ2n) is 4.65. The Morgan fingerprint density at radius 2 is 2.17 bits per heavy atom. The molecule has 1 N–H and O–H groups in total. The molecule has 0 saturated heterocycles. The normalized spacial score (nSPS) is 16.5. The highest BCUT2D eigenvalue weighted by Crippen LogP contribution is 2.32. The van der Waals surface area contributed by atoms with Gasteiger partial charge < -0.3 is 9.73 Å². The summed E-state index contributed by atoms with van der Waals surface area (Å²) in [6.07, 6.45) is -0.935. The molecule has 0 radical (unpaired) electrons. The highest BCUT2D eigenvalue weighted by Gasteiger charge is 2.38. The quantitative estimate of drug-likeness (QED) is 0.854. The average molecular weight is 262 g/mol. The molecule has 1 aliphatic carbocycles. The fourth-order valence-electron chi connectivity index (χ4n) is 2.02. The van der Waals surface area contributed by atoms with Crippen molar-refractivity contribution in [2.24, 2.45) is 0 Å². The molecule has 0 aliphatic heterocycles. The van der Waals surface area contributed by atoms with E-state index in [2.05, 4.69) is 5.32 Å². The highest BCUT2D eigenvalue weighted by molar-refractivity contribution is 5.17. The van der Waals surface area contributed by atoms with Crippen molar-refractivity contribution in [3.63, 3.8) is 0 Å². The van der Waals surface area contributed by atoms with Gasteiger partial charge >= 0.3 is 6.18 Å². The SMILES string of the molecule is CNCc1ccoc1CN(CC(F)(F)F)C1CC1. The molecule has 0 spiro atoms. The van der Waals surface area contributed by atoms with Crippen molar-refractivity contribution in [3.05, 3.63) is 23.7 Å². The Bertz CT molecular complexity index is 385. The van der Waals surface area contributed by atoms with E-state index in [0.717, 1.165) is 18.4 Å². The van der Waals surface area contributed by atoms with Crippen LogP contribution in [0.3, 0.4) is 0 Å². The Balaban J connectivity index is 2.01. The van der Waals surface area contributed by atoms with E-state index in [9.17, 15) is 13.2 Å². The van der Waals surface area contributed by atoms with Crippen molar-refractivity contribution in [2.45, 2.75) is 38.1 Å². The first kappa shape index (κ1) is 13.4. The van der Waals surface area contributed by atoms with Crippen LogP contribution in [0.5, 0.6) is 0 Å². The predicted molar refractivity (Wildman–Crippen MR) is 61.0 cm³/mol. The Kier molecular flexibility index (Phi) is 3.97. The molecule has 18 heavy (non-hydrogen) atoms. The van der Waals surface area contributed by atoms with E-state index in [1.807, 2.05) is 0 Å². The molecule has 2 rings (SSSR count). The van der Waals surface area contributed by atoms with Crippen LogP contribution in [0, 0.1) is 0 Å². The number of halogens is 3. The first-order valence-electron chi connectivity index (χ1n) is 6.00. The zero-order valence-electron chi connectivity index (χ0n) is 10.3. The van der Waals surface area contributed by atoms with E-state index in [-0.39, 0.29) is 12.6 Å². The summed E-state index contributed by atoms with van der Waals surface area (Å²) < 4.78 is 42.8. The Morgan fingerprint density at radius 1 is 1.44 bits per heavy atom. The molecule has 6 heteroatoms. The van der Waals surface area contributed by atoms with Gasteiger partial charge in [0.15, 0.2) is 0 Å². The van der Waals surface area contributed by atoms with E-state index >= 15 is 0 Å². The summed E-state index contributed by atoms with van der Waals surface area (Å²) >= 11 is 0. The van der Waals surface area contributed by atoms with Crippen LogP contribution in [0.15, 0.2) is 16.7 Å². The van der Waals surface area contributed by atoms with Gasteiger partial charge in [0, 0.05) is 18.2 Å². The molecule has 0 aromatic carbocycles. The highest BCUT2D eigenvalue weighted by atomic mass is 19.4. The van der Waals surface area contributed by atoms with Crippen LogP contribution in [0.25, 0.3) is 0 Å². The molecule has 1 aliphatic rings. The zero-order chi connectivity index (χ0) is 13.2. The van der Waals surface area contributed by atoms with Gasteiger partial charge in [0.1, 0.15) is 5.76 Å². The lowest BCUT2D eigenvalue weighted by Gasteiger charge is -2.22. The molecule has 1 fully saturated rings. The number of nitrogens with zero attached hydrogens (tertiary/aromatic N) is 1. The summed E-state index contributed by atoms with van der Waals surface area (Å²) in [6.45, 7) is -0.0259. The van der Waals surface area contributed by atoms with E-state index in [1.54, 1.807) is 13.1 Å². The van der Waals surface area contributed by atoms with Crippen molar-refractivity contribution in [2.75, 3.05) is 13.6 Å². The van der Waals surface area contributed by atoms with Crippen LogP contribution in [-0.4, -0.2) is 30.7 Å². The van der Waals surface area contributed by atoms with E-state index < -0.39 is 12.7 Å². The Morgan fingerprint density at radius 3 is 2.72 bits per heavy atom. The van der Waals surface area contributed by atoms with E-state index in [4.69, 9.17) is 4.42 Å². The Hall–Kier alpha value is -1.01. The largest absolute Gasteiger partial charge is 0.468 e. The lowest BCUT2D eigenvalue weighted by Crippen LogP contribution is -2.35. The van der Waals surface area contributed by atoms with Crippen molar-refractivity contribution < 1.29 is 17.6 Å². The average Bonchev–Trinajstić information content (AvgIpc) is 3.01. The predicted octanol–water partition coefficient (Wildman–Crippen LogP) is 2.53. The van der Waals surface area contributed by atoms with E-state index in [0.29, 0.717) is 12.3 Å². The third-order valence-electron chi connectivity index (χ3n) is 3.00. The van der Waals surface area contributed by atoms with Gasteiger partial charge in [-0.25, -0.2) is 0 Å². The van der Waals surface area contributed by atoms with Crippen LogP contribution in [0.1, 0.15) is 24.2 Å².